The van der Waals surface area contributed by atoms with Gasteiger partial charge in [-0.3, -0.25) is 0 Å². The standard InChI is InChI=1S/C12H23F3N2O/c1-16-8-11-4-2-5-17(9-11)6-3-7-18-10-12(13,14)15/h11,16H,2-10H2,1H3. The fourth-order valence-electron chi connectivity index (χ4n) is 2.39. The maximum atomic E-state index is 11.8. The average Bonchev–Trinajstić information content (AvgIpc) is 2.28. The Morgan fingerprint density at radius 2 is 2.17 bits per heavy atom. The monoisotopic (exact) mass is 268 g/mol. The van der Waals surface area contributed by atoms with Crippen LogP contribution in [0.2, 0.25) is 0 Å². The molecule has 0 aromatic heterocycles. The number of hydrogen-bond acceptors (Lipinski definition) is 3. The molecule has 1 heterocycles. The van der Waals surface area contributed by atoms with Gasteiger partial charge in [0, 0.05) is 19.7 Å². The molecule has 3 nitrogen and oxygen atoms in total. The average molecular weight is 268 g/mol. The van der Waals surface area contributed by atoms with Crippen molar-refractivity contribution in [2.75, 3.05) is 46.4 Å². The second-order valence-electron chi connectivity index (χ2n) is 4.89. The second-order valence-corrected chi connectivity index (χ2v) is 4.89. The summed E-state index contributed by atoms with van der Waals surface area (Å²) in [5.41, 5.74) is 0. The van der Waals surface area contributed by atoms with Crippen LogP contribution in [0.5, 0.6) is 0 Å². The van der Waals surface area contributed by atoms with Crippen LogP contribution in [0.25, 0.3) is 0 Å². The van der Waals surface area contributed by atoms with Gasteiger partial charge in [-0.05, 0) is 45.3 Å². The third-order valence-electron chi connectivity index (χ3n) is 3.12. The Balaban J connectivity index is 2.04. The highest BCUT2D eigenvalue weighted by molar-refractivity contribution is 4.73. The van der Waals surface area contributed by atoms with Gasteiger partial charge in [0.2, 0.25) is 0 Å². The summed E-state index contributed by atoms with van der Waals surface area (Å²) in [7, 11) is 1.95. The van der Waals surface area contributed by atoms with Crippen molar-refractivity contribution in [1.29, 1.82) is 0 Å². The van der Waals surface area contributed by atoms with E-state index in [1.54, 1.807) is 0 Å². The molecule has 0 spiro atoms. The molecule has 1 atom stereocenters. The molecule has 0 bridgehead atoms. The van der Waals surface area contributed by atoms with Gasteiger partial charge in [-0.25, -0.2) is 0 Å². The summed E-state index contributed by atoms with van der Waals surface area (Å²) in [5.74, 6) is 0.667. The van der Waals surface area contributed by atoms with Gasteiger partial charge in [0.05, 0.1) is 0 Å². The lowest BCUT2D eigenvalue weighted by molar-refractivity contribution is -0.174. The molecule has 6 heteroatoms. The van der Waals surface area contributed by atoms with Crippen LogP contribution in [-0.4, -0.2) is 57.5 Å². The summed E-state index contributed by atoms with van der Waals surface area (Å²) in [4.78, 5) is 2.32. The van der Waals surface area contributed by atoms with E-state index in [1.807, 2.05) is 7.05 Å². The third kappa shape index (κ3) is 7.18. The van der Waals surface area contributed by atoms with Crippen molar-refractivity contribution in [2.24, 2.45) is 5.92 Å². The number of halogens is 3. The van der Waals surface area contributed by atoms with E-state index in [0.717, 1.165) is 26.2 Å². The molecule has 108 valence electrons. The smallest absolute Gasteiger partial charge is 0.372 e. The van der Waals surface area contributed by atoms with Crippen molar-refractivity contribution < 1.29 is 17.9 Å². The summed E-state index contributed by atoms with van der Waals surface area (Å²) in [5, 5.41) is 3.17. The number of piperidine rings is 1. The highest BCUT2D eigenvalue weighted by Gasteiger charge is 2.27. The quantitative estimate of drug-likeness (QED) is 0.714. The Hall–Kier alpha value is -0.330. The van der Waals surface area contributed by atoms with Gasteiger partial charge in [-0.2, -0.15) is 13.2 Å². The first-order chi connectivity index (χ1) is 8.51. The molecule has 0 radical (unpaired) electrons. The molecule has 1 N–H and O–H groups in total. The molecular formula is C12H23F3N2O. The zero-order valence-electron chi connectivity index (χ0n) is 10.9. The van der Waals surface area contributed by atoms with Crippen molar-refractivity contribution in [3.8, 4) is 0 Å². The van der Waals surface area contributed by atoms with Crippen LogP contribution in [-0.2, 0) is 4.74 Å². The Morgan fingerprint density at radius 1 is 1.39 bits per heavy atom. The molecule has 1 saturated heterocycles. The number of hydrogen-bond donors (Lipinski definition) is 1. The zero-order valence-corrected chi connectivity index (χ0v) is 10.9. The van der Waals surface area contributed by atoms with E-state index in [4.69, 9.17) is 0 Å². The number of nitrogens with one attached hydrogen (secondary N) is 1. The van der Waals surface area contributed by atoms with Gasteiger partial charge in [0.25, 0.3) is 0 Å². The van der Waals surface area contributed by atoms with Gasteiger partial charge in [0.1, 0.15) is 6.61 Å². The first-order valence-electron chi connectivity index (χ1n) is 6.52. The Kier molecular flexibility index (Phi) is 6.96. The first-order valence-corrected chi connectivity index (χ1v) is 6.52. The molecule has 0 aromatic carbocycles. The lowest BCUT2D eigenvalue weighted by Gasteiger charge is -2.32. The van der Waals surface area contributed by atoms with Crippen LogP contribution in [0, 0.1) is 5.92 Å². The van der Waals surface area contributed by atoms with E-state index in [9.17, 15) is 13.2 Å². The van der Waals surface area contributed by atoms with E-state index in [-0.39, 0.29) is 6.61 Å². The fourth-order valence-corrected chi connectivity index (χ4v) is 2.39. The van der Waals surface area contributed by atoms with E-state index in [0.29, 0.717) is 12.3 Å². The number of alkyl halides is 3. The van der Waals surface area contributed by atoms with Crippen LogP contribution >= 0.6 is 0 Å². The minimum absolute atomic E-state index is 0.187. The van der Waals surface area contributed by atoms with Gasteiger partial charge in [0.15, 0.2) is 0 Å². The zero-order chi connectivity index (χ0) is 13.4. The van der Waals surface area contributed by atoms with Crippen molar-refractivity contribution in [3.63, 3.8) is 0 Å². The Morgan fingerprint density at radius 3 is 2.83 bits per heavy atom. The molecule has 0 aromatic rings. The summed E-state index contributed by atoms with van der Waals surface area (Å²) in [6.07, 6.45) is -1.12. The van der Waals surface area contributed by atoms with Crippen molar-refractivity contribution >= 4 is 0 Å². The second kappa shape index (κ2) is 7.96. The Bertz CT molecular complexity index is 222. The number of rotatable bonds is 7. The summed E-state index contributed by atoms with van der Waals surface area (Å²) >= 11 is 0. The van der Waals surface area contributed by atoms with E-state index < -0.39 is 12.8 Å². The topological polar surface area (TPSA) is 24.5 Å². The minimum Gasteiger partial charge on any atom is -0.372 e. The molecule has 1 rings (SSSR count). The maximum Gasteiger partial charge on any atom is 0.411 e. The molecule has 1 unspecified atom stereocenters. The van der Waals surface area contributed by atoms with Crippen molar-refractivity contribution in [3.05, 3.63) is 0 Å². The first kappa shape index (κ1) is 15.7. The van der Waals surface area contributed by atoms with E-state index >= 15 is 0 Å². The molecule has 0 aliphatic carbocycles. The lowest BCUT2D eigenvalue weighted by Crippen LogP contribution is -2.39. The largest absolute Gasteiger partial charge is 0.411 e. The van der Waals surface area contributed by atoms with Crippen molar-refractivity contribution in [1.82, 2.24) is 10.2 Å². The van der Waals surface area contributed by atoms with E-state index in [2.05, 4.69) is 15.0 Å². The van der Waals surface area contributed by atoms with Gasteiger partial charge in [-0.15, -0.1) is 0 Å². The molecule has 18 heavy (non-hydrogen) atoms. The molecule has 0 saturated carbocycles. The van der Waals surface area contributed by atoms with Crippen LogP contribution in [0.1, 0.15) is 19.3 Å². The normalized spacial score (nSPS) is 22.3. The van der Waals surface area contributed by atoms with Crippen LogP contribution in [0.3, 0.4) is 0 Å². The van der Waals surface area contributed by atoms with Crippen molar-refractivity contribution in [2.45, 2.75) is 25.4 Å². The predicted molar refractivity (Wildman–Crippen MR) is 64.6 cm³/mol. The van der Waals surface area contributed by atoms with E-state index in [1.165, 1.54) is 12.8 Å². The maximum absolute atomic E-state index is 11.8. The molecule has 1 aliphatic heterocycles. The highest BCUT2D eigenvalue weighted by atomic mass is 19.4. The number of ether oxygens (including phenoxy) is 1. The number of nitrogens with zero attached hydrogens (tertiary/aromatic N) is 1. The SMILES string of the molecule is CNCC1CCCN(CCCOCC(F)(F)F)C1. The van der Waals surface area contributed by atoms with Gasteiger partial charge >= 0.3 is 6.18 Å². The predicted octanol–water partition coefficient (Wildman–Crippen LogP) is 1.89. The van der Waals surface area contributed by atoms with Crippen LogP contribution in [0.15, 0.2) is 0 Å². The lowest BCUT2D eigenvalue weighted by atomic mass is 9.98. The molecular weight excluding hydrogens is 245 g/mol. The minimum atomic E-state index is -4.21. The summed E-state index contributed by atoms with van der Waals surface area (Å²) in [6.45, 7) is 3.00. The molecule has 0 amide bonds. The molecule has 1 fully saturated rings. The Labute approximate surface area is 107 Å². The molecule has 1 aliphatic rings. The summed E-state index contributed by atoms with van der Waals surface area (Å²) in [6, 6.07) is 0. The summed E-state index contributed by atoms with van der Waals surface area (Å²) < 4.78 is 40.1. The fraction of sp³-hybridized carbons (Fsp3) is 1.00. The number of likely N-dealkylation sites (tertiary alicyclic amines) is 1. The third-order valence-corrected chi connectivity index (χ3v) is 3.12. The van der Waals surface area contributed by atoms with Crippen LogP contribution < -0.4 is 5.32 Å². The van der Waals surface area contributed by atoms with Gasteiger partial charge < -0.3 is 15.0 Å². The van der Waals surface area contributed by atoms with Gasteiger partial charge in [-0.1, -0.05) is 0 Å². The van der Waals surface area contributed by atoms with Crippen LogP contribution in [0.4, 0.5) is 13.2 Å². The highest BCUT2D eigenvalue weighted by Crippen LogP contribution is 2.16.